The number of aromatic nitrogens is 2. The molecule has 0 spiro atoms. The number of β-lactam (4-membered cyclic amide) rings is 1. The highest BCUT2D eigenvalue weighted by molar-refractivity contribution is 8.01. The van der Waals surface area contributed by atoms with Gasteiger partial charge in [0.25, 0.3) is 0 Å². The number of nitrogens with zero attached hydrogens (tertiary/aromatic N) is 3. The van der Waals surface area contributed by atoms with Crippen molar-refractivity contribution in [2.24, 2.45) is 0 Å². The minimum atomic E-state index is -0.928. The molecule has 3 heterocycles. The number of fused-ring (bicyclic) bond motifs is 1. The molecule has 0 aromatic carbocycles. The van der Waals surface area contributed by atoms with Gasteiger partial charge in [0.1, 0.15) is 6.04 Å². The summed E-state index contributed by atoms with van der Waals surface area (Å²) in [5, 5.41) is 9.46. The summed E-state index contributed by atoms with van der Waals surface area (Å²) in [7, 11) is 0. The lowest BCUT2D eigenvalue weighted by Crippen LogP contribution is -2.57. The second-order valence-corrected chi connectivity index (χ2v) is 7.03. The molecule has 2 fully saturated rings. The quantitative estimate of drug-likeness (QED) is 0.826. The predicted molar refractivity (Wildman–Crippen MR) is 69.6 cm³/mol. The fraction of sp³-hybridized carbons (Fsp3) is 0.583. The molecule has 2 unspecified atom stereocenters. The van der Waals surface area contributed by atoms with Crippen LogP contribution in [0.3, 0.4) is 0 Å². The summed E-state index contributed by atoms with van der Waals surface area (Å²) in [4.78, 5) is 28.8. The maximum absolute atomic E-state index is 11.6. The Kier molecular flexibility index (Phi) is 2.63. The van der Waals surface area contributed by atoms with Gasteiger partial charge >= 0.3 is 5.97 Å². The molecule has 7 heteroatoms. The van der Waals surface area contributed by atoms with E-state index >= 15 is 0 Å². The molecule has 2 aliphatic rings. The lowest BCUT2D eigenvalue weighted by molar-refractivity contribution is -0.157. The molecule has 0 bridgehead atoms. The average Bonchev–Trinajstić information content (AvgIpc) is 2.79. The van der Waals surface area contributed by atoms with Gasteiger partial charge in [0.05, 0.1) is 28.6 Å². The van der Waals surface area contributed by atoms with Crippen molar-refractivity contribution in [3.05, 3.63) is 18.2 Å². The Morgan fingerprint density at radius 1 is 1.68 bits per heavy atom. The fourth-order valence-corrected chi connectivity index (χ4v) is 4.67. The third-order valence-electron chi connectivity index (χ3n) is 3.70. The number of carboxylic acid groups (broad SMARTS) is 1. The molecule has 1 aromatic rings. The first-order valence-corrected chi connectivity index (χ1v) is 6.99. The van der Waals surface area contributed by atoms with Crippen molar-refractivity contribution in [1.82, 2.24) is 14.5 Å². The number of aliphatic carboxylic acids is 1. The fourth-order valence-electron chi connectivity index (χ4n) is 2.90. The highest BCUT2D eigenvalue weighted by Crippen LogP contribution is 2.51. The van der Waals surface area contributed by atoms with Crippen LogP contribution in [0.2, 0.25) is 0 Å². The number of amides is 1. The molecule has 2 saturated heterocycles. The van der Waals surface area contributed by atoms with Crippen LogP contribution < -0.4 is 0 Å². The Balaban J connectivity index is 1.89. The zero-order valence-electron chi connectivity index (χ0n) is 10.7. The van der Waals surface area contributed by atoms with Crippen LogP contribution in [0.25, 0.3) is 0 Å². The van der Waals surface area contributed by atoms with Gasteiger partial charge in [0, 0.05) is 12.7 Å². The van der Waals surface area contributed by atoms with Crippen LogP contribution in [0.15, 0.2) is 12.5 Å². The van der Waals surface area contributed by atoms with E-state index < -0.39 is 16.8 Å². The Morgan fingerprint density at radius 3 is 2.95 bits per heavy atom. The molecular weight excluding hydrogens is 266 g/mol. The summed E-state index contributed by atoms with van der Waals surface area (Å²) in [5.41, 5.74) is 0.901. The Bertz CT molecular complexity index is 558. The molecule has 6 nitrogen and oxygen atoms in total. The van der Waals surface area contributed by atoms with E-state index in [1.165, 1.54) is 4.90 Å². The summed E-state index contributed by atoms with van der Waals surface area (Å²) >= 11 is 1.58. The third kappa shape index (κ3) is 1.83. The number of thioether (sulfide) groups is 1. The normalized spacial score (nSPS) is 33.2. The van der Waals surface area contributed by atoms with Crippen molar-refractivity contribution in [3.8, 4) is 0 Å². The number of imidazole rings is 1. The summed E-state index contributed by atoms with van der Waals surface area (Å²) in [6, 6.07) is -0.758. The zero-order valence-corrected chi connectivity index (χ0v) is 11.6. The van der Waals surface area contributed by atoms with Crippen molar-refractivity contribution < 1.29 is 14.7 Å². The van der Waals surface area contributed by atoms with Gasteiger partial charge in [-0.15, -0.1) is 11.8 Å². The highest BCUT2D eigenvalue weighted by atomic mass is 32.2. The first-order chi connectivity index (χ1) is 8.90. The summed E-state index contributed by atoms with van der Waals surface area (Å²) in [5.74, 6) is -0.988. The van der Waals surface area contributed by atoms with Crippen molar-refractivity contribution in [1.29, 1.82) is 0 Å². The first-order valence-electron chi connectivity index (χ1n) is 6.11. The molecule has 102 valence electrons. The molecule has 1 amide bonds. The molecule has 2 aliphatic heterocycles. The lowest BCUT2D eigenvalue weighted by atomic mass is 9.96. The molecule has 1 N–H and O–H groups in total. The maximum Gasteiger partial charge on any atom is 0.327 e. The van der Waals surface area contributed by atoms with E-state index in [0.717, 1.165) is 5.69 Å². The van der Waals surface area contributed by atoms with Gasteiger partial charge in [-0.1, -0.05) is 0 Å². The van der Waals surface area contributed by atoms with E-state index in [-0.39, 0.29) is 11.3 Å². The topological polar surface area (TPSA) is 75.4 Å². The van der Waals surface area contributed by atoms with Gasteiger partial charge in [0.2, 0.25) is 5.91 Å². The van der Waals surface area contributed by atoms with E-state index in [4.69, 9.17) is 0 Å². The van der Waals surface area contributed by atoms with E-state index in [0.29, 0.717) is 13.0 Å². The van der Waals surface area contributed by atoms with Gasteiger partial charge in [-0.3, -0.25) is 4.79 Å². The Morgan fingerprint density at radius 2 is 2.42 bits per heavy atom. The van der Waals surface area contributed by atoms with E-state index in [2.05, 4.69) is 4.98 Å². The van der Waals surface area contributed by atoms with Crippen LogP contribution in [0.4, 0.5) is 0 Å². The largest absolute Gasteiger partial charge is 0.480 e. The van der Waals surface area contributed by atoms with E-state index in [1.54, 1.807) is 18.1 Å². The van der Waals surface area contributed by atoms with Crippen LogP contribution in [-0.4, -0.2) is 47.6 Å². The van der Waals surface area contributed by atoms with E-state index in [1.807, 2.05) is 24.6 Å². The highest BCUT2D eigenvalue weighted by Gasteiger charge is 2.60. The molecule has 0 saturated carbocycles. The molecule has 1 aromatic heterocycles. The second kappa shape index (κ2) is 4.00. The maximum atomic E-state index is 11.6. The zero-order chi connectivity index (χ0) is 13.8. The molecular formula is C12H15N3O3S. The summed E-state index contributed by atoms with van der Waals surface area (Å²) in [6.45, 7) is 4.35. The van der Waals surface area contributed by atoms with Crippen molar-refractivity contribution in [2.45, 2.75) is 43.0 Å². The van der Waals surface area contributed by atoms with E-state index in [9.17, 15) is 14.7 Å². The smallest absolute Gasteiger partial charge is 0.327 e. The number of aryl methyl sites for hydroxylation is 1. The minimum absolute atomic E-state index is 0.0169. The predicted octanol–water partition coefficient (Wildman–Crippen LogP) is 0.709. The van der Waals surface area contributed by atoms with Crippen LogP contribution in [-0.2, 0) is 16.1 Å². The summed E-state index contributed by atoms with van der Waals surface area (Å²) in [6.07, 6.45) is 4.05. The van der Waals surface area contributed by atoms with Crippen LogP contribution in [0, 0.1) is 6.92 Å². The Hall–Kier alpha value is -1.50. The SMILES string of the molecule is Cc1cn(C[C@]2(C)SC3CC(=O)N3C2C(=O)O)cn1. The molecule has 3 atom stereocenters. The third-order valence-corrected chi connectivity index (χ3v) is 5.26. The molecule has 3 rings (SSSR count). The van der Waals surface area contributed by atoms with Crippen LogP contribution >= 0.6 is 11.8 Å². The Labute approximate surface area is 114 Å². The van der Waals surface area contributed by atoms with Crippen molar-refractivity contribution in [2.75, 3.05) is 0 Å². The molecule has 19 heavy (non-hydrogen) atoms. The number of hydrogen-bond acceptors (Lipinski definition) is 4. The van der Waals surface area contributed by atoms with Gasteiger partial charge in [-0.05, 0) is 13.8 Å². The number of carbonyl (C=O) groups is 2. The monoisotopic (exact) mass is 281 g/mol. The molecule has 0 radical (unpaired) electrons. The van der Waals surface area contributed by atoms with Gasteiger partial charge in [0.15, 0.2) is 0 Å². The van der Waals surface area contributed by atoms with Gasteiger partial charge in [-0.25, -0.2) is 9.78 Å². The van der Waals surface area contributed by atoms with Crippen LogP contribution in [0.5, 0.6) is 0 Å². The van der Waals surface area contributed by atoms with Crippen molar-refractivity contribution >= 4 is 23.6 Å². The second-order valence-electron chi connectivity index (χ2n) is 5.32. The number of rotatable bonds is 3. The van der Waals surface area contributed by atoms with Crippen molar-refractivity contribution in [3.63, 3.8) is 0 Å². The van der Waals surface area contributed by atoms with Crippen LogP contribution in [0.1, 0.15) is 19.0 Å². The number of carboxylic acids is 1. The molecule has 0 aliphatic carbocycles. The average molecular weight is 281 g/mol. The summed E-state index contributed by atoms with van der Waals surface area (Å²) < 4.78 is 1.38. The van der Waals surface area contributed by atoms with Gasteiger partial charge < -0.3 is 14.6 Å². The number of hydrogen-bond donors (Lipinski definition) is 1. The number of carbonyl (C=O) groups excluding carboxylic acids is 1. The standard InChI is InChI=1S/C12H15N3O3S/c1-7-4-14(6-13-7)5-12(2)10(11(17)18)15-8(16)3-9(15)19-12/h4,6,9-10H,3,5H2,1-2H3,(H,17,18)/t9?,10?,12-/m0/s1. The van der Waals surface area contributed by atoms with Gasteiger partial charge in [-0.2, -0.15) is 0 Å². The minimum Gasteiger partial charge on any atom is -0.480 e. The first kappa shape index (κ1) is 12.5. The lowest BCUT2D eigenvalue weighted by Gasteiger charge is -2.37.